The Morgan fingerprint density at radius 2 is 0.699 bits per heavy atom. The summed E-state index contributed by atoms with van der Waals surface area (Å²) in [5.41, 5.74) is 3.12. The van der Waals surface area contributed by atoms with Gasteiger partial charge in [-0.15, -0.1) is 45.3 Å². The molecule has 0 bridgehead atoms. The molecule has 5 saturated heterocycles. The number of likely N-dealkylation sites (tertiary alicyclic amines) is 4. The Balaban J connectivity index is 0.000000160. The minimum atomic E-state index is -2.98. The average Bonchev–Trinajstić information content (AvgIpc) is 1.53. The number of aliphatic hydroxyl groups excluding tert-OH is 2. The first kappa shape index (κ1) is 110. The fourth-order valence-electron chi connectivity index (χ4n) is 17.7. The number of aryl methyl sites for hydroxylation is 4. The van der Waals surface area contributed by atoms with Gasteiger partial charge in [-0.25, -0.2) is 75.0 Å². The number of hydrogen-bond donors (Lipinski definition) is 12. The number of hydrogen-bond acceptors (Lipinski definition) is 29. The number of amides is 8. The van der Waals surface area contributed by atoms with E-state index >= 15 is 0 Å². The Morgan fingerprint density at radius 3 is 0.930 bits per heavy atom. The minimum Gasteiger partial charge on any atom is -0.393 e. The van der Waals surface area contributed by atoms with Crippen LogP contribution in [0.15, 0.2) is 49.1 Å². The van der Waals surface area contributed by atoms with Gasteiger partial charge in [0.05, 0.1) is 100 Å². The standard InChI is InChI=1S/2C26H35F2N5O3S.C23H29F2N5O4S.C23H29F2N5O3S/c2*1-14-10-18(32-25(6)8-7-9-25)29-12-17(14)20-19(23(35)33-13-26(27,28)11-15(33)2)31-22(37-20)21(34)30-16(3)24(4,5)36;1-11(2)27-17-5-12(3)14(7-26-17)19-18(22(33)30-10-23(24,25)6-13(30)4)29-21(35-19)20(32)28-15-8-34-9-16(15)31;1-11(2)27-17-5-12(3)16(9-26-17)19-18(22(33)30-10-23(24,25)8-13(30)4)29-21(34-19)20(32)28-14-6-15(31)7-14/h2*10,12,15-16,36H,7-9,11,13H2,1-6H3,(H,29,32)(H,30,34);5,7,11,13,15-16,31H,6,8-10H2,1-4H3,(H,26,27)(H,28,32);5,9,11,13-15,31H,6-8,10H2,1-4H3,(H,26,27)(H,28,32)/t15-,16+;15-,16-;13-,15-,16-;13-,14?,15?/m0000/s1. The van der Waals surface area contributed by atoms with Crippen molar-refractivity contribution < 1.29 is 98.6 Å². The van der Waals surface area contributed by atoms with Crippen LogP contribution in [0.25, 0.3) is 41.8 Å². The van der Waals surface area contributed by atoms with Crippen molar-refractivity contribution in [3.8, 4) is 41.8 Å². The monoisotopic (exact) mass is 2070 g/mol. The lowest BCUT2D eigenvalue weighted by Gasteiger charge is -2.39. The van der Waals surface area contributed by atoms with E-state index in [9.17, 15) is 93.9 Å². The second-order valence-corrected chi connectivity index (χ2v) is 45.5. The van der Waals surface area contributed by atoms with Crippen LogP contribution in [0.4, 0.5) is 58.4 Å². The Kier molecular flexibility index (Phi) is 32.8. The highest BCUT2D eigenvalue weighted by molar-refractivity contribution is 7.18. The molecule has 8 amide bonds. The first-order valence-corrected chi connectivity index (χ1v) is 51.2. The largest absolute Gasteiger partial charge is 0.393 e. The van der Waals surface area contributed by atoms with Gasteiger partial charge in [-0.1, -0.05) is 0 Å². The summed E-state index contributed by atoms with van der Waals surface area (Å²) in [5.74, 6) is -13.9. The molecule has 8 atom stereocenters. The molecular weight excluding hydrogens is 1950 g/mol. The topological polar surface area (TPSA) is 439 Å². The van der Waals surface area contributed by atoms with Crippen molar-refractivity contribution in [2.75, 3.05) is 60.7 Å². The van der Waals surface area contributed by atoms with Crippen LogP contribution in [0.1, 0.15) is 291 Å². The van der Waals surface area contributed by atoms with Crippen LogP contribution in [0, 0.1) is 27.7 Å². The van der Waals surface area contributed by atoms with E-state index in [1.54, 1.807) is 94.0 Å². The van der Waals surface area contributed by atoms with Gasteiger partial charge in [0.25, 0.3) is 70.9 Å². The normalized spacial score (nSPS) is 22.4. The van der Waals surface area contributed by atoms with E-state index in [4.69, 9.17) is 4.74 Å². The molecule has 8 aromatic heterocycles. The second-order valence-electron chi connectivity index (χ2n) is 41.5. The summed E-state index contributed by atoms with van der Waals surface area (Å²) in [6.07, 6.45) is 11.0. The molecule has 8 aliphatic rings. The van der Waals surface area contributed by atoms with Crippen molar-refractivity contribution >= 4 is 116 Å². The number of ether oxygens (including phenoxy) is 1. The zero-order valence-electron chi connectivity index (χ0n) is 83.8. The number of thiazole rings is 4. The van der Waals surface area contributed by atoms with Crippen molar-refractivity contribution in [1.82, 2.24) is 80.7 Å². The smallest absolute Gasteiger partial charge is 0.280 e. The number of halogens is 8. The van der Waals surface area contributed by atoms with Gasteiger partial charge in [-0.05, 0) is 236 Å². The van der Waals surface area contributed by atoms with Gasteiger partial charge in [-0.3, -0.25) is 38.4 Å². The van der Waals surface area contributed by atoms with Gasteiger partial charge in [0.15, 0.2) is 20.0 Å². The van der Waals surface area contributed by atoms with E-state index in [1.807, 2.05) is 79.7 Å². The van der Waals surface area contributed by atoms with Crippen molar-refractivity contribution in [2.45, 2.75) is 334 Å². The van der Waals surface area contributed by atoms with E-state index in [0.717, 1.165) is 126 Å². The number of aliphatic hydroxyl groups is 4. The van der Waals surface area contributed by atoms with E-state index in [2.05, 4.69) is 96.3 Å². The summed E-state index contributed by atoms with van der Waals surface area (Å²) >= 11 is 4.05. The summed E-state index contributed by atoms with van der Waals surface area (Å²) < 4.78 is 118. The Labute approximate surface area is 841 Å². The SMILES string of the molecule is Cc1cc(NC(C)C)ncc1-c1sc(C(=O)NC2CC(O)C2)nc1C(=O)N1CC(F)(F)C[C@@H]1C.Cc1cc(NC(C)C)ncc1-c1sc(C(=O)N[C@H]2COC[C@@H]2O)nc1C(=O)N1CC(F)(F)C[C@@H]1C.Cc1cc(NC2(C)CCC2)ncc1-c1sc(C(=O)N[C@@H](C)C(C)(C)O)nc1C(=O)N1CC(F)(F)C[C@@H]1C.Cc1cc(NC2(C)CCC2)ncc1-c1sc(C(=O)N[C@H](C)C(C)(C)O)nc1C(=O)N1CC(F)(F)C[C@@H]1C. The maximum absolute atomic E-state index is 14.1. The van der Waals surface area contributed by atoms with E-state index in [-0.39, 0.29) is 85.2 Å². The van der Waals surface area contributed by atoms with Gasteiger partial charge in [0, 0.05) is 126 Å². The first-order valence-electron chi connectivity index (χ1n) is 47.9. The predicted octanol–water partition coefficient (Wildman–Crippen LogP) is 15.4. The van der Waals surface area contributed by atoms with Crippen molar-refractivity contribution in [3.05, 3.63) is 114 Å². The highest BCUT2D eigenvalue weighted by atomic mass is 32.1. The molecule has 3 aliphatic carbocycles. The molecule has 0 radical (unpaired) electrons. The molecule has 8 aromatic rings. The first-order chi connectivity index (χ1) is 66.5. The number of anilines is 4. The molecule has 143 heavy (non-hydrogen) atoms. The van der Waals surface area contributed by atoms with Gasteiger partial charge in [-0.2, -0.15) is 0 Å². The molecule has 8 fully saturated rings. The molecule has 778 valence electrons. The van der Waals surface area contributed by atoms with Crippen molar-refractivity contribution in [1.29, 1.82) is 0 Å². The maximum atomic E-state index is 14.1. The lowest BCUT2D eigenvalue weighted by Crippen LogP contribution is -2.47. The third-order valence-electron chi connectivity index (χ3n) is 26.9. The van der Waals surface area contributed by atoms with Crippen LogP contribution >= 0.6 is 45.3 Å². The number of rotatable bonds is 26. The number of carbonyl (C=O) groups excluding carboxylic acids is 8. The number of nitrogens with one attached hydrogen (secondary N) is 8. The average molecular weight is 2070 g/mol. The lowest BCUT2D eigenvalue weighted by molar-refractivity contribution is 0.0115. The Morgan fingerprint density at radius 1 is 0.427 bits per heavy atom. The lowest BCUT2D eigenvalue weighted by atomic mass is 9.78. The molecule has 16 rings (SSSR count). The van der Waals surface area contributed by atoms with Crippen LogP contribution in [-0.2, 0) is 4.74 Å². The van der Waals surface area contributed by atoms with E-state index in [1.165, 1.54) is 0 Å². The van der Waals surface area contributed by atoms with Crippen molar-refractivity contribution in [3.63, 3.8) is 0 Å². The summed E-state index contributed by atoms with van der Waals surface area (Å²) in [6.45, 7) is 33.1. The minimum absolute atomic E-state index is 0.00608. The van der Waals surface area contributed by atoms with Crippen molar-refractivity contribution in [2.24, 2.45) is 0 Å². The van der Waals surface area contributed by atoms with Gasteiger partial charge < -0.3 is 87.3 Å². The molecule has 0 aromatic carbocycles. The second kappa shape index (κ2) is 42.8. The van der Waals surface area contributed by atoms with E-state index < -0.39 is 189 Å². The summed E-state index contributed by atoms with van der Waals surface area (Å²) in [7, 11) is 0. The summed E-state index contributed by atoms with van der Waals surface area (Å²) in [5, 5.41) is 64.2. The predicted molar refractivity (Wildman–Crippen MR) is 531 cm³/mol. The maximum Gasteiger partial charge on any atom is 0.280 e. The molecule has 5 aliphatic heterocycles. The van der Waals surface area contributed by atoms with Crippen LogP contribution in [0.3, 0.4) is 0 Å². The molecule has 12 N–H and O–H groups in total. The molecule has 0 spiro atoms. The molecule has 3 saturated carbocycles. The highest BCUT2D eigenvalue weighted by Gasteiger charge is 2.52. The Hall–Kier alpha value is -10.7. The highest BCUT2D eigenvalue weighted by Crippen LogP contribution is 2.46. The fourth-order valence-corrected chi connectivity index (χ4v) is 21.9. The molecule has 45 heteroatoms. The number of pyridine rings is 4. The van der Waals surface area contributed by atoms with Gasteiger partial charge in [0.2, 0.25) is 0 Å². The number of aromatic nitrogens is 8. The molecule has 13 heterocycles. The van der Waals surface area contributed by atoms with E-state index in [0.29, 0.717) is 77.9 Å². The van der Waals surface area contributed by atoms with Crippen LogP contribution < -0.4 is 42.5 Å². The fraction of sp³-hybridized carbons (Fsp3) is 0.592. The zero-order chi connectivity index (χ0) is 105. The Bertz CT molecular complexity index is 5880. The summed E-state index contributed by atoms with van der Waals surface area (Å²) in [4.78, 5) is 147. The quantitative estimate of drug-likeness (QED) is 0.0224. The zero-order valence-corrected chi connectivity index (χ0v) is 87.0. The molecule has 33 nitrogen and oxygen atoms in total. The van der Waals surface area contributed by atoms with Crippen LogP contribution in [-0.4, -0.2) is 285 Å². The number of carbonyl (C=O) groups is 8. The molecular formula is C98H128F8N20O13S4. The molecule has 0 unspecified atom stereocenters. The number of nitrogens with zero attached hydrogens (tertiary/aromatic N) is 12. The van der Waals surface area contributed by atoms with Crippen LogP contribution in [0.2, 0.25) is 0 Å². The summed E-state index contributed by atoms with van der Waals surface area (Å²) in [6, 6.07) is 3.17. The van der Waals surface area contributed by atoms with Crippen LogP contribution in [0.5, 0.6) is 0 Å². The number of alkyl halides is 8. The third kappa shape index (κ3) is 26.2. The van der Waals surface area contributed by atoms with Gasteiger partial charge in [0.1, 0.15) is 46.0 Å². The van der Waals surface area contributed by atoms with Gasteiger partial charge >= 0.3 is 0 Å². The third-order valence-corrected chi connectivity index (χ3v) is 31.3.